The first kappa shape index (κ1) is 14.4. The highest BCUT2D eigenvalue weighted by Crippen LogP contribution is 2.30. The summed E-state index contributed by atoms with van der Waals surface area (Å²) < 4.78 is 0. The molecule has 0 atom stereocenters. The third kappa shape index (κ3) is 3.59. The lowest BCUT2D eigenvalue weighted by Gasteiger charge is -2.01. The summed E-state index contributed by atoms with van der Waals surface area (Å²) in [4.78, 5) is 5.81. The maximum Gasteiger partial charge on any atom is 0.104 e. The molecule has 1 heterocycles. The minimum absolute atomic E-state index is 0.761. The highest BCUT2D eigenvalue weighted by molar-refractivity contribution is 7.98. The molecular formula is C16H13ClN2S2. The molecule has 21 heavy (non-hydrogen) atoms. The van der Waals surface area contributed by atoms with E-state index in [1.54, 1.807) is 23.1 Å². The number of aromatic nitrogens is 1. The number of anilines is 1. The molecule has 0 spiro atoms. The fourth-order valence-electron chi connectivity index (χ4n) is 1.93. The van der Waals surface area contributed by atoms with Gasteiger partial charge in [0, 0.05) is 26.5 Å². The van der Waals surface area contributed by atoms with Crippen molar-refractivity contribution in [2.24, 2.45) is 0 Å². The molecule has 0 fully saturated rings. The van der Waals surface area contributed by atoms with Crippen molar-refractivity contribution in [3.05, 3.63) is 63.9 Å². The van der Waals surface area contributed by atoms with Crippen LogP contribution in [0.3, 0.4) is 0 Å². The van der Waals surface area contributed by atoms with E-state index in [-0.39, 0.29) is 0 Å². The van der Waals surface area contributed by atoms with E-state index in [0.717, 1.165) is 37.6 Å². The largest absolute Gasteiger partial charge is 0.398 e. The minimum Gasteiger partial charge on any atom is -0.398 e. The Bertz CT molecular complexity index is 755. The first-order valence-electron chi connectivity index (χ1n) is 6.40. The van der Waals surface area contributed by atoms with Gasteiger partial charge in [-0.05, 0) is 24.3 Å². The van der Waals surface area contributed by atoms with Gasteiger partial charge in [0.05, 0.1) is 11.4 Å². The van der Waals surface area contributed by atoms with E-state index in [4.69, 9.17) is 17.3 Å². The summed E-state index contributed by atoms with van der Waals surface area (Å²) in [6, 6.07) is 15.7. The molecule has 0 saturated carbocycles. The Balaban J connectivity index is 1.72. The molecule has 2 nitrogen and oxygen atoms in total. The average molecular weight is 333 g/mol. The van der Waals surface area contributed by atoms with Crippen LogP contribution in [0.2, 0.25) is 5.02 Å². The number of nitrogen functional groups attached to an aromatic ring is 1. The van der Waals surface area contributed by atoms with Gasteiger partial charge in [-0.1, -0.05) is 35.9 Å². The predicted molar refractivity (Wildman–Crippen MR) is 93.0 cm³/mol. The van der Waals surface area contributed by atoms with Crippen molar-refractivity contribution in [1.82, 2.24) is 4.98 Å². The van der Waals surface area contributed by atoms with Crippen molar-refractivity contribution in [1.29, 1.82) is 0 Å². The van der Waals surface area contributed by atoms with Crippen molar-refractivity contribution in [3.63, 3.8) is 0 Å². The van der Waals surface area contributed by atoms with Crippen LogP contribution < -0.4 is 5.73 Å². The van der Waals surface area contributed by atoms with Gasteiger partial charge in [-0.25, -0.2) is 4.98 Å². The van der Waals surface area contributed by atoms with Crippen molar-refractivity contribution in [2.75, 3.05) is 5.73 Å². The first-order chi connectivity index (χ1) is 10.2. The van der Waals surface area contributed by atoms with Gasteiger partial charge in [-0.2, -0.15) is 0 Å². The lowest BCUT2D eigenvalue weighted by atomic mass is 10.1. The standard InChI is InChI=1S/C16H13ClN2S2/c17-11-4-3-5-12(8-11)20-10-16-19-15(9-21-16)13-6-1-2-7-14(13)18/h1-9H,10,18H2. The number of rotatable bonds is 4. The van der Waals surface area contributed by atoms with E-state index in [9.17, 15) is 0 Å². The number of para-hydroxylation sites is 1. The van der Waals surface area contributed by atoms with Gasteiger partial charge in [-0.15, -0.1) is 23.1 Å². The highest BCUT2D eigenvalue weighted by Gasteiger charge is 2.07. The van der Waals surface area contributed by atoms with Gasteiger partial charge in [0.25, 0.3) is 0 Å². The van der Waals surface area contributed by atoms with E-state index in [2.05, 4.69) is 16.4 Å². The number of halogens is 1. The molecule has 3 rings (SSSR count). The predicted octanol–water partition coefficient (Wildman–Crippen LogP) is 5.34. The van der Waals surface area contributed by atoms with Crippen molar-refractivity contribution < 1.29 is 0 Å². The molecule has 0 amide bonds. The number of thioether (sulfide) groups is 1. The van der Waals surface area contributed by atoms with Crippen molar-refractivity contribution in [3.8, 4) is 11.3 Å². The summed E-state index contributed by atoms with van der Waals surface area (Å²) in [6.07, 6.45) is 0. The maximum absolute atomic E-state index is 5.99. The fraction of sp³-hybridized carbons (Fsp3) is 0.0625. The second-order valence-corrected chi connectivity index (χ2v) is 6.89. The first-order valence-corrected chi connectivity index (χ1v) is 8.64. The summed E-state index contributed by atoms with van der Waals surface area (Å²) >= 11 is 9.38. The molecule has 0 bridgehead atoms. The van der Waals surface area contributed by atoms with Crippen LogP contribution in [0.15, 0.2) is 58.8 Å². The number of nitrogens with zero attached hydrogens (tertiary/aromatic N) is 1. The van der Waals surface area contributed by atoms with E-state index in [1.165, 1.54) is 0 Å². The monoisotopic (exact) mass is 332 g/mol. The van der Waals surface area contributed by atoms with Crippen molar-refractivity contribution >= 4 is 40.4 Å². The number of hydrogen-bond donors (Lipinski definition) is 1. The molecule has 0 radical (unpaired) electrons. The molecule has 0 saturated heterocycles. The third-order valence-electron chi connectivity index (χ3n) is 2.95. The van der Waals surface area contributed by atoms with Crippen LogP contribution in [0.1, 0.15) is 5.01 Å². The number of hydrogen-bond acceptors (Lipinski definition) is 4. The Morgan fingerprint density at radius 2 is 2.00 bits per heavy atom. The second kappa shape index (κ2) is 6.52. The molecule has 5 heteroatoms. The molecule has 0 aliphatic rings. The Hall–Kier alpha value is -1.49. The van der Waals surface area contributed by atoms with Crippen LogP contribution in [0.25, 0.3) is 11.3 Å². The van der Waals surface area contributed by atoms with Crippen LogP contribution in [0.4, 0.5) is 5.69 Å². The minimum atomic E-state index is 0.761. The molecule has 2 aromatic carbocycles. The lowest BCUT2D eigenvalue weighted by molar-refractivity contribution is 1.26. The molecular weight excluding hydrogens is 320 g/mol. The molecule has 2 N–H and O–H groups in total. The van der Waals surface area contributed by atoms with Gasteiger partial charge >= 0.3 is 0 Å². The zero-order valence-corrected chi connectivity index (χ0v) is 13.5. The SMILES string of the molecule is Nc1ccccc1-c1csc(CSc2cccc(Cl)c2)n1. The van der Waals surface area contributed by atoms with Crippen molar-refractivity contribution in [2.45, 2.75) is 10.6 Å². The molecule has 1 aromatic heterocycles. The lowest BCUT2D eigenvalue weighted by Crippen LogP contribution is -1.89. The van der Waals surface area contributed by atoms with Crippen LogP contribution in [0, 0.1) is 0 Å². The van der Waals surface area contributed by atoms with E-state index in [1.807, 2.05) is 42.5 Å². The smallest absolute Gasteiger partial charge is 0.104 e. The Kier molecular flexibility index (Phi) is 4.48. The zero-order valence-electron chi connectivity index (χ0n) is 11.1. The van der Waals surface area contributed by atoms with E-state index in [0.29, 0.717) is 0 Å². The summed E-state index contributed by atoms with van der Waals surface area (Å²) in [5.74, 6) is 0.831. The fourth-order valence-corrected chi connectivity index (χ4v) is 3.96. The van der Waals surface area contributed by atoms with E-state index >= 15 is 0 Å². The number of nitrogens with two attached hydrogens (primary N) is 1. The van der Waals surface area contributed by atoms with Gasteiger partial charge in [0.15, 0.2) is 0 Å². The summed E-state index contributed by atoms with van der Waals surface area (Å²) in [6.45, 7) is 0. The summed E-state index contributed by atoms with van der Waals surface area (Å²) in [7, 11) is 0. The van der Waals surface area contributed by atoms with Crippen LogP contribution in [0.5, 0.6) is 0 Å². The van der Waals surface area contributed by atoms with Crippen LogP contribution >= 0.6 is 34.7 Å². The summed E-state index contributed by atoms with van der Waals surface area (Å²) in [5, 5.41) is 3.90. The number of thiazole rings is 1. The van der Waals surface area contributed by atoms with Gasteiger partial charge < -0.3 is 5.73 Å². The van der Waals surface area contributed by atoms with Crippen LogP contribution in [-0.4, -0.2) is 4.98 Å². The highest BCUT2D eigenvalue weighted by atomic mass is 35.5. The number of benzene rings is 2. The molecule has 106 valence electrons. The quantitative estimate of drug-likeness (QED) is 0.518. The Labute approximate surface area is 137 Å². The molecule has 0 unspecified atom stereocenters. The molecule has 0 aliphatic heterocycles. The average Bonchev–Trinajstić information content (AvgIpc) is 2.94. The molecule has 3 aromatic rings. The topological polar surface area (TPSA) is 38.9 Å². The third-order valence-corrected chi connectivity index (χ3v) is 5.22. The Morgan fingerprint density at radius 3 is 2.81 bits per heavy atom. The van der Waals surface area contributed by atoms with E-state index < -0.39 is 0 Å². The maximum atomic E-state index is 5.99. The van der Waals surface area contributed by atoms with Gasteiger partial charge in [0.2, 0.25) is 0 Å². The normalized spacial score (nSPS) is 10.7. The zero-order chi connectivity index (χ0) is 14.7. The summed E-state index contributed by atoms with van der Waals surface area (Å²) in [5.41, 5.74) is 8.69. The van der Waals surface area contributed by atoms with Crippen LogP contribution in [-0.2, 0) is 5.75 Å². The Morgan fingerprint density at radius 1 is 1.14 bits per heavy atom. The molecule has 0 aliphatic carbocycles. The van der Waals surface area contributed by atoms with Gasteiger partial charge in [-0.3, -0.25) is 0 Å². The second-order valence-electron chi connectivity index (χ2n) is 4.46. The van der Waals surface area contributed by atoms with Gasteiger partial charge in [0.1, 0.15) is 5.01 Å².